The zero-order valence-corrected chi connectivity index (χ0v) is 26.5. The molecular weight excluding hydrogens is 596 g/mol. The van der Waals surface area contributed by atoms with Crippen LogP contribution < -0.4 is 25.8 Å². The van der Waals surface area contributed by atoms with Crippen LogP contribution in [0, 0.1) is 11.8 Å². The molecule has 0 amide bonds. The molecule has 2 heterocycles. The van der Waals surface area contributed by atoms with Crippen molar-refractivity contribution in [3.05, 3.63) is 48.2 Å². The van der Waals surface area contributed by atoms with Gasteiger partial charge in [-0.25, -0.2) is 0 Å². The SMILES string of the molecule is COc1cc(S(C)(N)O)ccc1NCC#Cc1cc2c(NC3CCCCC3)cccc2n1CC(F)(F)F.CSC1CNC1. The van der Waals surface area contributed by atoms with E-state index in [0.717, 1.165) is 42.0 Å². The molecule has 1 saturated carbocycles. The molecule has 43 heavy (non-hydrogen) atoms. The van der Waals surface area contributed by atoms with Crippen LogP contribution in [0.25, 0.3) is 10.9 Å². The van der Waals surface area contributed by atoms with Crippen molar-refractivity contribution in [1.29, 1.82) is 0 Å². The summed E-state index contributed by atoms with van der Waals surface area (Å²) in [5.74, 6) is 6.35. The van der Waals surface area contributed by atoms with Crippen LogP contribution in [0.4, 0.5) is 24.5 Å². The topological polar surface area (TPSA) is 96.5 Å². The molecular formula is C31H42F3N5O2S2. The molecule has 2 fully saturated rings. The van der Waals surface area contributed by atoms with Gasteiger partial charge in [0.1, 0.15) is 12.3 Å². The zero-order valence-electron chi connectivity index (χ0n) is 24.9. The standard InChI is InChI=1S/C27H33F3N4O2S.C4H9NS/c1-36-26-17-21(37(2,31)35)13-14-24(26)32-15-7-10-20-16-22-23(33-19-8-4-3-5-9-19)11-6-12-25(22)34(20)18-27(28,29)30;1-6-4-2-5-3-4/h6,11-14,16-17,19,32-33,35H,3-5,8-9,15,18,31H2,1-2H3;4-5H,2-3H2,1H3. The number of thioether (sulfide) groups is 1. The highest BCUT2D eigenvalue weighted by atomic mass is 32.3. The average molecular weight is 638 g/mol. The second-order valence-corrected chi connectivity index (χ2v) is 14.4. The molecule has 1 atom stereocenters. The second kappa shape index (κ2) is 14.9. The number of anilines is 2. The summed E-state index contributed by atoms with van der Waals surface area (Å²) in [6.07, 6.45) is 5.00. The first-order valence-corrected chi connectivity index (χ1v) is 17.7. The maximum Gasteiger partial charge on any atom is 0.406 e. The molecule has 2 aromatic carbocycles. The highest BCUT2D eigenvalue weighted by Crippen LogP contribution is 2.43. The molecule has 12 heteroatoms. The summed E-state index contributed by atoms with van der Waals surface area (Å²) in [7, 11) is -0.890. The number of nitrogens with two attached hydrogens (primary N) is 1. The predicted molar refractivity (Wildman–Crippen MR) is 176 cm³/mol. The fourth-order valence-electron chi connectivity index (χ4n) is 5.11. The highest BCUT2D eigenvalue weighted by molar-refractivity contribution is 8.26. The third-order valence-corrected chi connectivity index (χ3v) is 9.77. The van der Waals surface area contributed by atoms with Gasteiger partial charge in [0, 0.05) is 46.6 Å². The van der Waals surface area contributed by atoms with Gasteiger partial charge in [0.25, 0.3) is 0 Å². The minimum absolute atomic E-state index is 0.183. The molecule has 1 aromatic heterocycles. The molecule has 1 aliphatic heterocycles. The van der Waals surface area contributed by atoms with E-state index in [2.05, 4.69) is 34.0 Å². The summed E-state index contributed by atoms with van der Waals surface area (Å²) >= 11 is 1.95. The second-order valence-electron chi connectivity index (χ2n) is 10.9. The van der Waals surface area contributed by atoms with E-state index < -0.39 is 23.2 Å². The lowest BCUT2D eigenvalue weighted by Crippen LogP contribution is -2.44. The lowest BCUT2D eigenvalue weighted by Gasteiger charge is -2.24. The Bertz CT molecular complexity index is 1420. The number of benzene rings is 2. The van der Waals surface area contributed by atoms with E-state index in [1.54, 1.807) is 42.7 Å². The largest absolute Gasteiger partial charge is 0.495 e. The van der Waals surface area contributed by atoms with Crippen LogP contribution in [0.3, 0.4) is 0 Å². The minimum atomic E-state index is -4.38. The van der Waals surface area contributed by atoms with Crippen molar-refractivity contribution in [3.63, 3.8) is 0 Å². The van der Waals surface area contributed by atoms with Gasteiger partial charge in [0.05, 0.1) is 30.6 Å². The van der Waals surface area contributed by atoms with Gasteiger partial charge in [0.15, 0.2) is 0 Å². The van der Waals surface area contributed by atoms with E-state index in [1.807, 2.05) is 17.8 Å². The Morgan fingerprint density at radius 2 is 1.88 bits per heavy atom. The van der Waals surface area contributed by atoms with Gasteiger partial charge in [-0.3, -0.25) is 5.14 Å². The third-order valence-electron chi connectivity index (χ3n) is 7.56. The fourth-order valence-corrected chi connectivity index (χ4v) is 6.37. The maximum atomic E-state index is 13.5. The Morgan fingerprint density at radius 1 is 1.14 bits per heavy atom. The van der Waals surface area contributed by atoms with Gasteiger partial charge in [-0.15, -0.1) is 0 Å². The van der Waals surface area contributed by atoms with E-state index in [4.69, 9.17) is 9.88 Å². The molecule has 1 saturated heterocycles. The monoisotopic (exact) mass is 637 g/mol. The lowest BCUT2D eigenvalue weighted by atomic mass is 9.95. The minimum Gasteiger partial charge on any atom is -0.495 e. The van der Waals surface area contributed by atoms with Gasteiger partial charge in [-0.1, -0.05) is 41.7 Å². The fraction of sp³-hybridized carbons (Fsp3) is 0.484. The van der Waals surface area contributed by atoms with Crippen LogP contribution in [-0.4, -0.2) is 65.8 Å². The van der Waals surface area contributed by atoms with Gasteiger partial charge in [-0.05, 0) is 61.4 Å². The van der Waals surface area contributed by atoms with Gasteiger partial charge >= 0.3 is 6.18 Å². The van der Waals surface area contributed by atoms with Crippen molar-refractivity contribution in [2.24, 2.45) is 5.14 Å². The van der Waals surface area contributed by atoms with E-state index in [9.17, 15) is 17.7 Å². The number of nitrogens with zero attached hydrogens (tertiary/aromatic N) is 1. The van der Waals surface area contributed by atoms with Crippen molar-refractivity contribution >= 4 is 44.5 Å². The van der Waals surface area contributed by atoms with Crippen LogP contribution >= 0.6 is 22.3 Å². The Labute approximate surface area is 258 Å². The number of nitrogens with one attached hydrogen (secondary N) is 3. The van der Waals surface area contributed by atoms with Crippen LogP contribution in [0.2, 0.25) is 0 Å². The summed E-state index contributed by atoms with van der Waals surface area (Å²) in [5.41, 5.74) is 2.29. The van der Waals surface area contributed by atoms with Crippen LogP contribution in [-0.2, 0) is 6.54 Å². The van der Waals surface area contributed by atoms with E-state index in [-0.39, 0.29) is 6.54 Å². The number of alkyl halides is 3. The molecule has 1 unspecified atom stereocenters. The number of halogens is 3. The van der Waals surface area contributed by atoms with Gasteiger partial charge in [-0.2, -0.15) is 24.9 Å². The predicted octanol–water partition coefficient (Wildman–Crippen LogP) is 6.88. The first-order valence-electron chi connectivity index (χ1n) is 14.4. The molecule has 0 spiro atoms. The quantitative estimate of drug-likeness (QED) is 0.172. The Morgan fingerprint density at radius 3 is 2.47 bits per heavy atom. The number of aromatic nitrogens is 1. The molecule has 2 aliphatic rings. The van der Waals surface area contributed by atoms with E-state index in [1.165, 1.54) is 31.2 Å². The summed E-state index contributed by atoms with van der Waals surface area (Å²) in [4.78, 5) is 0.565. The Balaban J connectivity index is 0.000000628. The Hall–Kier alpha value is -2.69. The van der Waals surface area contributed by atoms with Crippen LogP contribution in [0.5, 0.6) is 5.75 Å². The molecule has 3 aromatic rings. The molecule has 1 aliphatic carbocycles. The average Bonchev–Trinajstić information content (AvgIpc) is 3.27. The number of rotatable bonds is 8. The maximum absolute atomic E-state index is 13.5. The smallest absolute Gasteiger partial charge is 0.406 e. The third kappa shape index (κ3) is 9.40. The van der Waals surface area contributed by atoms with E-state index >= 15 is 0 Å². The molecule has 7 nitrogen and oxygen atoms in total. The van der Waals surface area contributed by atoms with Crippen molar-refractivity contribution in [3.8, 4) is 17.6 Å². The van der Waals surface area contributed by atoms with E-state index in [0.29, 0.717) is 33.6 Å². The zero-order chi connectivity index (χ0) is 31.0. The Kier molecular flexibility index (Phi) is 11.5. The van der Waals surface area contributed by atoms with Crippen molar-refractivity contribution in [1.82, 2.24) is 9.88 Å². The number of fused-ring (bicyclic) bond motifs is 1. The number of hydrogen-bond acceptors (Lipinski definition) is 7. The van der Waals surface area contributed by atoms with Crippen molar-refractivity contribution < 1.29 is 22.5 Å². The normalized spacial score (nSPS) is 17.9. The molecule has 0 radical (unpaired) electrons. The molecule has 6 N–H and O–H groups in total. The lowest BCUT2D eigenvalue weighted by molar-refractivity contribution is -0.140. The van der Waals surface area contributed by atoms with Crippen molar-refractivity contribution in [2.45, 2.75) is 61.0 Å². The molecule has 236 valence electrons. The number of ether oxygens (including phenoxy) is 1. The molecule has 5 rings (SSSR count). The number of hydrogen-bond donors (Lipinski definition) is 5. The van der Waals surface area contributed by atoms with Crippen LogP contribution in [0.15, 0.2) is 47.4 Å². The molecule has 0 bridgehead atoms. The van der Waals surface area contributed by atoms with Crippen LogP contribution in [0.1, 0.15) is 37.8 Å². The first-order chi connectivity index (χ1) is 20.5. The first kappa shape index (κ1) is 33.2. The number of methoxy groups -OCH3 is 1. The van der Waals surface area contributed by atoms with Gasteiger partial charge < -0.3 is 29.8 Å². The van der Waals surface area contributed by atoms with Gasteiger partial charge in [0.2, 0.25) is 0 Å². The summed E-state index contributed by atoms with van der Waals surface area (Å²) in [6.45, 7) is 1.52. The highest BCUT2D eigenvalue weighted by Gasteiger charge is 2.30. The van der Waals surface area contributed by atoms with Crippen molar-refractivity contribution in [2.75, 3.05) is 49.9 Å². The summed E-state index contributed by atoms with van der Waals surface area (Å²) in [6, 6.07) is 12.6. The summed E-state index contributed by atoms with van der Waals surface area (Å²) in [5, 5.41) is 17.3. The summed E-state index contributed by atoms with van der Waals surface area (Å²) < 4.78 is 57.1.